The number of aliphatic carboxylic acids is 1. The number of rotatable bonds is 12. The molecule has 6 rings (SSSR count). The van der Waals surface area contributed by atoms with Crippen molar-refractivity contribution in [3.05, 3.63) is 116 Å². The molecule has 0 bridgehead atoms. The maximum absolute atomic E-state index is 11.7. The topological polar surface area (TPSA) is 62.2 Å². The largest absolute Gasteiger partial charge is 0.488 e. The van der Waals surface area contributed by atoms with Gasteiger partial charge in [-0.2, -0.15) is 0 Å². The van der Waals surface area contributed by atoms with E-state index in [0.717, 1.165) is 74.2 Å². The zero-order valence-electron chi connectivity index (χ0n) is 27.5. The van der Waals surface area contributed by atoms with Crippen molar-refractivity contribution in [1.82, 2.24) is 9.80 Å². The van der Waals surface area contributed by atoms with E-state index >= 15 is 0 Å². The minimum absolute atomic E-state index is 0.410. The van der Waals surface area contributed by atoms with E-state index in [1.807, 2.05) is 18.2 Å². The summed E-state index contributed by atoms with van der Waals surface area (Å²) in [6.45, 7) is 6.83. The zero-order chi connectivity index (χ0) is 33.5. The summed E-state index contributed by atoms with van der Waals surface area (Å²) in [4.78, 5) is 16.3. The molecule has 0 radical (unpaired) electrons. The fraction of sp³-hybridized carbons (Fsp3) is 0.375. The normalized spacial score (nSPS) is 18.8. The highest BCUT2D eigenvalue weighted by Crippen LogP contribution is 2.31. The molecule has 0 saturated carbocycles. The zero-order valence-corrected chi connectivity index (χ0v) is 30.7. The molecular formula is C40H44Br2N2O4. The Kier molecular flexibility index (Phi) is 11.9. The summed E-state index contributed by atoms with van der Waals surface area (Å²) in [5, 5.41) is 9.62. The van der Waals surface area contributed by atoms with Gasteiger partial charge in [-0.05, 0) is 147 Å². The van der Waals surface area contributed by atoms with Crippen LogP contribution in [0.4, 0.5) is 0 Å². The van der Waals surface area contributed by atoms with Crippen molar-refractivity contribution in [2.45, 2.75) is 83.8 Å². The fourth-order valence-corrected chi connectivity index (χ4v) is 7.93. The first-order valence-corrected chi connectivity index (χ1v) is 18.6. The summed E-state index contributed by atoms with van der Waals surface area (Å²) in [5.41, 5.74) is 6.81. The average molecular weight is 777 g/mol. The van der Waals surface area contributed by atoms with Gasteiger partial charge in [-0.1, -0.05) is 61.4 Å². The van der Waals surface area contributed by atoms with Crippen molar-refractivity contribution in [2.75, 3.05) is 13.1 Å². The third-order valence-electron chi connectivity index (χ3n) is 9.58. The van der Waals surface area contributed by atoms with Crippen LogP contribution in [-0.2, 0) is 31.1 Å². The number of piperidine rings is 2. The Hall–Kier alpha value is -3.17. The Morgan fingerprint density at radius 3 is 1.73 bits per heavy atom. The Balaban J connectivity index is 1.04. The number of hydrogen-bond donors (Lipinski definition) is 1. The molecular weight excluding hydrogens is 732 g/mol. The highest BCUT2D eigenvalue weighted by molar-refractivity contribution is 9.10. The Labute approximate surface area is 301 Å². The highest BCUT2D eigenvalue weighted by atomic mass is 79.9. The molecule has 252 valence electrons. The Bertz CT molecular complexity index is 1710. The van der Waals surface area contributed by atoms with Crippen LogP contribution in [0.5, 0.6) is 11.5 Å². The summed E-state index contributed by atoms with van der Waals surface area (Å²) in [6.07, 6.45) is 6.62. The maximum Gasteiger partial charge on any atom is 0.320 e. The van der Waals surface area contributed by atoms with Crippen LogP contribution in [0.15, 0.2) is 93.9 Å². The third-order valence-corrected chi connectivity index (χ3v) is 10.8. The molecule has 4 aromatic carbocycles. The number of hydrogen-bond acceptors (Lipinski definition) is 5. The summed E-state index contributed by atoms with van der Waals surface area (Å²) in [6, 6.07) is 29.7. The molecule has 2 fully saturated rings. The SMILES string of the molecule is C[C@@H]1CCCCN1Cc1ccc(OCc2cccc(-c3cccc(COc4ccc(CN5CCCC[C@H]5C(=O)O)cc4Br)c3)c2)c(Br)c1. The highest BCUT2D eigenvalue weighted by Gasteiger charge is 2.28. The molecule has 8 heteroatoms. The lowest BCUT2D eigenvalue weighted by atomic mass is 10.0. The van der Waals surface area contributed by atoms with E-state index in [2.05, 4.69) is 115 Å². The van der Waals surface area contributed by atoms with Gasteiger partial charge in [0.05, 0.1) is 8.95 Å². The molecule has 2 aliphatic rings. The lowest BCUT2D eigenvalue weighted by molar-refractivity contribution is -0.144. The summed E-state index contributed by atoms with van der Waals surface area (Å²) >= 11 is 7.42. The van der Waals surface area contributed by atoms with E-state index in [4.69, 9.17) is 9.47 Å². The van der Waals surface area contributed by atoms with Gasteiger partial charge in [0.2, 0.25) is 0 Å². The molecule has 2 saturated heterocycles. The lowest BCUT2D eigenvalue weighted by Gasteiger charge is -2.33. The van der Waals surface area contributed by atoms with Crippen LogP contribution in [0.2, 0.25) is 0 Å². The second-order valence-electron chi connectivity index (χ2n) is 13.1. The first-order valence-electron chi connectivity index (χ1n) is 17.0. The van der Waals surface area contributed by atoms with Gasteiger partial charge in [-0.3, -0.25) is 14.6 Å². The molecule has 2 atom stereocenters. The van der Waals surface area contributed by atoms with E-state index in [1.54, 1.807) is 0 Å². The van der Waals surface area contributed by atoms with Crippen LogP contribution >= 0.6 is 31.9 Å². The van der Waals surface area contributed by atoms with Crippen molar-refractivity contribution >= 4 is 37.8 Å². The molecule has 4 aromatic rings. The van der Waals surface area contributed by atoms with Crippen molar-refractivity contribution in [2.24, 2.45) is 0 Å². The molecule has 0 aromatic heterocycles. The van der Waals surface area contributed by atoms with Crippen LogP contribution in [0.25, 0.3) is 11.1 Å². The number of carboxylic acid groups (broad SMARTS) is 1. The number of carboxylic acids is 1. The summed E-state index contributed by atoms with van der Waals surface area (Å²) in [5.74, 6) is 0.880. The van der Waals surface area contributed by atoms with Gasteiger partial charge in [0.25, 0.3) is 0 Å². The number of halogens is 2. The van der Waals surface area contributed by atoms with E-state index in [1.165, 1.54) is 31.4 Å². The molecule has 2 aliphatic heterocycles. The molecule has 1 N–H and O–H groups in total. The quantitative estimate of drug-likeness (QED) is 0.155. The van der Waals surface area contributed by atoms with Crippen LogP contribution in [0, 0.1) is 0 Å². The van der Waals surface area contributed by atoms with Gasteiger partial charge >= 0.3 is 5.97 Å². The van der Waals surface area contributed by atoms with Crippen LogP contribution in [0.1, 0.15) is 67.7 Å². The van der Waals surface area contributed by atoms with Crippen molar-refractivity contribution in [3.63, 3.8) is 0 Å². The standard InChI is InChI=1S/C40H44Br2N2O4/c1-28-8-2-4-18-43(28)24-29-14-16-38(35(41)22-29)47-26-31-9-6-11-33(20-31)34-12-7-10-32(21-34)27-48-39-17-15-30(23-36(39)42)25-44-19-5-3-13-37(44)40(45)46/h6-7,9-12,14-17,20-23,28,37H,2-5,8,13,18-19,24-27H2,1H3,(H,45,46)/t28-,37+/m1/s1. The van der Waals surface area contributed by atoms with Gasteiger partial charge in [-0.25, -0.2) is 0 Å². The Morgan fingerprint density at radius 1 is 0.688 bits per heavy atom. The molecule has 0 aliphatic carbocycles. The molecule has 6 nitrogen and oxygen atoms in total. The smallest absolute Gasteiger partial charge is 0.320 e. The number of likely N-dealkylation sites (tertiary alicyclic amines) is 2. The number of ether oxygens (including phenoxy) is 2. The van der Waals surface area contributed by atoms with Gasteiger partial charge in [0, 0.05) is 19.1 Å². The maximum atomic E-state index is 11.7. The third kappa shape index (κ3) is 9.08. The fourth-order valence-electron chi connectivity index (χ4n) is 6.84. The van der Waals surface area contributed by atoms with E-state index < -0.39 is 12.0 Å². The first-order chi connectivity index (χ1) is 23.3. The molecule has 0 spiro atoms. The van der Waals surface area contributed by atoms with Crippen molar-refractivity contribution < 1.29 is 19.4 Å². The van der Waals surface area contributed by atoms with E-state index in [9.17, 15) is 9.90 Å². The minimum Gasteiger partial charge on any atom is -0.488 e. The predicted octanol–water partition coefficient (Wildman–Crippen LogP) is 9.85. The van der Waals surface area contributed by atoms with E-state index in [0.29, 0.717) is 32.2 Å². The Morgan fingerprint density at radius 2 is 1.21 bits per heavy atom. The number of carbonyl (C=O) groups is 1. The molecule has 0 amide bonds. The van der Waals surface area contributed by atoms with Gasteiger partial charge in [-0.15, -0.1) is 0 Å². The van der Waals surface area contributed by atoms with Gasteiger partial charge in [0.15, 0.2) is 0 Å². The minimum atomic E-state index is -0.733. The van der Waals surface area contributed by atoms with Crippen molar-refractivity contribution in [1.29, 1.82) is 0 Å². The van der Waals surface area contributed by atoms with Crippen LogP contribution in [-0.4, -0.2) is 46.0 Å². The van der Waals surface area contributed by atoms with Crippen LogP contribution < -0.4 is 9.47 Å². The lowest BCUT2D eigenvalue weighted by Crippen LogP contribution is -2.43. The average Bonchev–Trinajstić information content (AvgIpc) is 3.09. The predicted molar refractivity (Wildman–Crippen MR) is 198 cm³/mol. The van der Waals surface area contributed by atoms with Crippen molar-refractivity contribution in [3.8, 4) is 22.6 Å². The van der Waals surface area contributed by atoms with Gasteiger partial charge < -0.3 is 14.6 Å². The number of nitrogens with zero attached hydrogens (tertiary/aromatic N) is 2. The second kappa shape index (κ2) is 16.5. The monoisotopic (exact) mass is 774 g/mol. The summed E-state index contributed by atoms with van der Waals surface area (Å²) in [7, 11) is 0. The number of benzene rings is 4. The van der Waals surface area contributed by atoms with Crippen LogP contribution in [0.3, 0.4) is 0 Å². The molecule has 2 heterocycles. The molecule has 0 unspecified atom stereocenters. The second-order valence-corrected chi connectivity index (χ2v) is 14.9. The first kappa shape index (κ1) is 34.7. The molecule has 48 heavy (non-hydrogen) atoms. The summed E-state index contributed by atoms with van der Waals surface area (Å²) < 4.78 is 14.3. The van der Waals surface area contributed by atoms with E-state index in [-0.39, 0.29) is 0 Å². The van der Waals surface area contributed by atoms with Gasteiger partial charge in [0.1, 0.15) is 30.8 Å².